The summed E-state index contributed by atoms with van der Waals surface area (Å²) in [6.45, 7) is 1.68. The molecule has 1 atom stereocenters. The zero-order chi connectivity index (χ0) is 7.23. The van der Waals surface area contributed by atoms with E-state index in [2.05, 4.69) is 0 Å². The van der Waals surface area contributed by atoms with Gasteiger partial charge in [0.1, 0.15) is 0 Å². The Morgan fingerprint density at radius 1 is 1.60 bits per heavy atom. The molecule has 0 aromatic rings. The third-order valence-electron chi connectivity index (χ3n) is 1.64. The smallest absolute Gasteiger partial charge is 0.0908 e. The molecule has 0 amide bonds. The van der Waals surface area contributed by atoms with E-state index in [0.29, 0.717) is 5.92 Å². The maximum absolute atomic E-state index is 8.22. The molecule has 1 fully saturated rings. The van der Waals surface area contributed by atoms with E-state index in [1.165, 1.54) is 0 Å². The molecular weight excluding hydrogens is 126 g/mol. The minimum Gasteiger partial charge on any atom is -0.381 e. The lowest BCUT2D eigenvalue weighted by atomic mass is 10.0. The molecule has 2 heteroatoms. The number of allylic oxidation sites excluding steroid dienone is 1. The maximum atomic E-state index is 8.22. The lowest BCUT2D eigenvalue weighted by Crippen LogP contribution is -2.14. The Morgan fingerprint density at radius 3 is 3.10 bits per heavy atom. The van der Waals surface area contributed by atoms with Crippen LogP contribution in [0.4, 0.5) is 0 Å². The molecule has 1 rings (SSSR count). The number of nitriles is 1. The summed E-state index contributed by atoms with van der Waals surface area (Å²) in [5.41, 5.74) is 0. The summed E-state index contributed by atoms with van der Waals surface area (Å²) in [4.78, 5) is 0. The predicted molar refractivity (Wildman–Crippen MR) is 38.3 cm³/mol. The molecule has 0 unspecified atom stereocenters. The SMILES string of the molecule is N#C/C=C\[C@@H]1CCCOC1. The van der Waals surface area contributed by atoms with Crippen molar-refractivity contribution < 1.29 is 4.74 Å². The first-order valence-electron chi connectivity index (χ1n) is 3.57. The summed E-state index contributed by atoms with van der Waals surface area (Å²) in [6.07, 6.45) is 5.76. The number of ether oxygens (including phenoxy) is 1. The summed E-state index contributed by atoms with van der Waals surface area (Å²) in [6, 6.07) is 1.98. The fourth-order valence-electron chi connectivity index (χ4n) is 1.10. The van der Waals surface area contributed by atoms with Gasteiger partial charge in [-0.25, -0.2) is 0 Å². The van der Waals surface area contributed by atoms with Crippen LogP contribution in [0.25, 0.3) is 0 Å². The highest BCUT2D eigenvalue weighted by Gasteiger charge is 2.09. The highest BCUT2D eigenvalue weighted by molar-refractivity contribution is 5.04. The molecule has 0 radical (unpaired) electrons. The lowest BCUT2D eigenvalue weighted by molar-refractivity contribution is 0.0710. The highest BCUT2D eigenvalue weighted by Crippen LogP contribution is 2.13. The van der Waals surface area contributed by atoms with Crippen LogP contribution in [0, 0.1) is 17.2 Å². The van der Waals surface area contributed by atoms with Crippen LogP contribution in [0.1, 0.15) is 12.8 Å². The summed E-state index contributed by atoms with van der Waals surface area (Å²) in [5.74, 6) is 0.480. The van der Waals surface area contributed by atoms with Crippen LogP contribution >= 0.6 is 0 Å². The summed E-state index contributed by atoms with van der Waals surface area (Å²) in [5, 5.41) is 8.22. The Hall–Kier alpha value is -0.810. The average molecular weight is 137 g/mol. The van der Waals surface area contributed by atoms with Crippen LogP contribution < -0.4 is 0 Å². The summed E-state index contributed by atoms with van der Waals surface area (Å²) >= 11 is 0. The normalized spacial score (nSPS) is 26.5. The molecule has 0 aromatic carbocycles. The molecule has 54 valence electrons. The van der Waals surface area contributed by atoms with Crippen molar-refractivity contribution in [1.82, 2.24) is 0 Å². The Labute approximate surface area is 61.1 Å². The molecule has 0 saturated carbocycles. The Bertz CT molecular complexity index is 151. The lowest BCUT2D eigenvalue weighted by Gasteiger charge is -2.17. The van der Waals surface area contributed by atoms with Crippen LogP contribution in [0.2, 0.25) is 0 Å². The van der Waals surface area contributed by atoms with Gasteiger partial charge in [0.2, 0.25) is 0 Å². The van der Waals surface area contributed by atoms with Gasteiger partial charge in [0.05, 0.1) is 12.7 Å². The van der Waals surface area contributed by atoms with Gasteiger partial charge in [0.25, 0.3) is 0 Å². The fraction of sp³-hybridized carbons (Fsp3) is 0.625. The van der Waals surface area contributed by atoms with Gasteiger partial charge < -0.3 is 4.74 Å². The van der Waals surface area contributed by atoms with Crippen molar-refractivity contribution in [1.29, 1.82) is 5.26 Å². The molecule has 0 aliphatic carbocycles. The van der Waals surface area contributed by atoms with Gasteiger partial charge in [-0.15, -0.1) is 0 Å². The molecule has 1 saturated heterocycles. The molecule has 1 aliphatic rings. The minimum atomic E-state index is 0.480. The van der Waals surface area contributed by atoms with Crippen molar-refractivity contribution >= 4 is 0 Å². The average Bonchev–Trinajstić information content (AvgIpc) is 2.03. The van der Waals surface area contributed by atoms with Crippen LogP contribution in [0.3, 0.4) is 0 Å². The van der Waals surface area contributed by atoms with Crippen LogP contribution in [-0.2, 0) is 4.74 Å². The second-order valence-corrected chi connectivity index (χ2v) is 2.47. The van der Waals surface area contributed by atoms with Crippen molar-refractivity contribution in [2.24, 2.45) is 5.92 Å². The molecule has 1 aliphatic heterocycles. The van der Waals surface area contributed by atoms with Gasteiger partial charge in [-0.05, 0) is 12.8 Å². The van der Waals surface area contributed by atoms with Crippen molar-refractivity contribution in [2.75, 3.05) is 13.2 Å². The Balaban J connectivity index is 2.27. The monoisotopic (exact) mass is 137 g/mol. The molecule has 0 N–H and O–H groups in total. The zero-order valence-electron chi connectivity index (χ0n) is 5.92. The highest BCUT2D eigenvalue weighted by atomic mass is 16.5. The van der Waals surface area contributed by atoms with Gasteiger partial charge in [0, 0.05) is 18.6 Å². The van der Waals surface area contributed by atoms with Gasteiger partial charge in [-0.2, -0.15) is 5.26 Å². The van der Waals surface area contributed by atoms with Crippen molar-refractivity contribution in [3.05, 3.63) is 12.2 Å². The van der Waals surface area contributed by atoms with Crippen molar-refractivity contribution in [3.8, 4) is 6.07 Å². The van der Waals surface area contributed by atoms with E-state index in [1.807, 2.05) is 12.1 Å². The number of hydrogen-bond donors (Lipinski definition) is 0. The summed E-state index contributed by atoms with van der Waals surface area (Å²) in [7, 11) is 0. The predicted octanol–water partition coefficient (Wildman–Crippen LogP) is 1.49. The standard InChI is InChI=1S/C8H11NO/c9-5-1-3-8-4-2-6-10-7-8/h1,3,8H,2,4,6-7H2/b3-1-/t8-/m1/s1. The molecule has 2 nitrogen and oxygen atoms in total. The van der Waals surface area contributed by atoms with Crippen LogP contribution in [0.15, 0.2) is 12.2 Å². The topological polar surface area (TPSA) is 33.0 Å². The van der Waals surface area contributed by atoms with E-state index in [-0.39, 0.29) is 0 Å². The number of rotatable bonds is 1. The van der Waals surface area contributed by atoms with E-state index in [0.717, 1.165) is 26.1 Å². The van der Waals surface area contributed by atoms with Gasteiger partial charge >= 0.3 is 0 Å². The maximum Gasteiger partial charge on any atom is 0.0908 e. The summed E-state index contributed by atoms with van der Waals surface area (Å²) < 4.78 is 5.22. The third kappa shape index (κ3) is 2.20. The van der Waals surface area contributed by atoms with E-state index in [1.54, 1.807) is 6.08 Å². The largest absolute Gasteiger partial charge is 0.381 e. The molecule has 10 heavy (non-hydrogen) atoms. The third-order valence-corrected chi connectivity index (χ3v) is 1.64. The second-order valence-electron chi connectivity index (χ2n) is 2.47. The van der Waals surface area contributed by atoms with Gasteiger partial charge in [-0.3, -0.25) is 0 Å². The molecule has 0 aromatic heterocycles. The fourth-order valence-corrected chi connectivity index (χ4v) is 1.10. The van der Waals surface area contributed by atoms with E-state index < -0.39 is 0 Å². The number of nitrogens with zero attached hydrogens (tertiary/aromatic N) is 1. The first-order valence-corrected chi connectivity index (χ1v) is 3.57. The molecule has 1 heterocycles. The second kappa shape index (κ2) is 4.08. The first kappa shape index (κ1) is 7.30. The molecule has 0 spiro atoms. The minimum absolute atomic E-state index is 0.480. The van der Waals surface area contributed by atoms with E-state index >= 15 is 0 Å². The van der Waals surface area contributed by atoms with Crippen molar-refractivity contribution in [3.63, 3.8) is 0 Å². The Morgan fingerprint density at radius 2 is 2.50 bits per heavy atom. The molecule has 0 bridgehead atoms. The Kier molecular flexibility index (Phi) is 2.98. The van der Waals surface area contributed by atoms with Gasteiger partial charge in [0.15, 0.2) is 0 Å². The van der Waals surface area contributed by atoms with Crippen LogP contribution in [-0.4, -0.2) is 13.2 Å². The first-order chi connectivity index (χ1) is 4.93. The van der Waals surface area contributed by atoms with E-state index in [4.69, 9.17) is 10.00 Å². The molecular formula is C8H11NO. The number of hydrogen-bond acceptors (Lipinski definition) is 2. The van der Waals surface area contributed by atoms with Crippen LogP contribution in [0.5, 0.6) is 0 Å². The quantitative estimate of drug-likeness (QED) is 0.513. The zero-order valence-corrected chi connectivity index (χ0v) is 5.92. The van der Waals surface area contributed by atoms with E-state index in [9.17, 15) is 0 Å². The van der Waals surface area contributed by atoms with Gasteiger partial charge in [-0.1, -0.05) is 6.08 Å². The van der Waals surface area contributed by atoms with Crippen molar-refractivity contribution in [2.45, 2.75) is 12.8 Å².